The minimum Gasteiger partial charge on any atom is -0.396 e. The van der Waals surface area contributed by atoms with Gasteiger partial charge in [0.1, 0.15) is 6.10 Å². The van der Waals surface area contributed by atoms with Crippen LogP contribution >= 0.6 is 0 Å². The Morgan fingerprint density at radius 3 is 2.70 bits per heavy atom. The molecule has 0 aromatic carbocycles. The maximum atomic E-state index is 12.7. The molecule has 2 bridgehead atoms. The van der Waals surface area contributed by atoms with Crippen LogP contribution in [0.4, 0.5) is 13.2 Å². The van der Waals surface area contributed by atoms with Crippen LogP contribution in [-0.4, -0.2) is 23.3 Å². The summed E-state index contributed by atoms with van der Waals surface area (Å²) in [4.78, 5) is 3.98. The zero-order valence-corrected chi connectivity index (χ0v) is 13.1. The standard InChI is InChI=1S/C17H20F3NO2/c1-10-5-11(2)16(8-22)6-13(10)15(23-9-16)14-4-3-12(7-21-14)17(18,19)20/h3-5,7,11,13,15,22H,6,8-9H2,1-2H3. The maximum Gasteiger partial charge on any atom is 0.417 e. The first-order valence-electron chi connectivity index (χ1n) is 7.71. The topological polar surface area (TPSA) is 42.4 Å². The number of aliphatic hydroxyl groups is 1. The molecule has 0 saturated carbocycles. The van der Waals surface area contributed by atoms with Crippen LogP contribution in [0.25, 0.3) is 0 Å². The molecule has 4 unspecified atom stereocenters. The van der Waals surface area contributed by atoms with Gasteiger partial charge >= 0.3 is 6.18 Å². The van der Waals surface area contributed by atoms with Crippen molar-refractivity contribution in [1.82, 2.24) is 4.98 Å². The normalized spacial score (nSPS) is 34.2. The Morgan fingerprint density at radius 2 is 2.13 bits per heavy atom. The predicted octanol–water partition coefficient (Wildman–Crippen LogP) is 3.75. The van der Waals surface area contributed by atoms with Gasteiger partial charge in [0.15, 0.2) is 0 Å². The summed E-state index contributed by atoms with van der Waals surface area (Å²) >= 11 is 0. The van der Waals surface area contributed by atoms with E-state index >= 15 is 0 Å². The predicted molar refractivity (Wildman–Crippen MR) is 78.5 cm³/mol. The molecule has 23 heavy (non-hydrogen) atoms. The van der Waals surface area contributed by atoms with Gasteiger partial charge in [-0.3, -0.25) is 4.98 Å². The lowest BCUT2D eigenvalue weighted by Gasteiger charge is -2.50. The first kappa shape index (κ1) is 16.5. The van der Waals surface area contributed by atoms with Crippen molar-refractivity contribution in [2.45, 2.75) is 32.5 Å². The first-order valence-corrected chi connectivity index (χ1v) is 7.71. The highest BCUT2D eigenvalue weighted by Crippen LogP contribution is 2.52. The van der Waals surface area contributed by atoms with E-state index in [9.17, 15) is 18.3 Å². The lowest BCUT2D eigenvalue weighted by atomic mass is 9.62. The number of hydrogen-bond donors (Lipinski definition) is 1. The van der Waals surface area contributed by atoms with Gasteiger partial charge in [-0.05, 0) is 31.4 Å². The van der Waals surface area contributed by atoms with Gasteiger partial charge in [-0.25, -0.2) is 0 Å². The van der Waals surface area contributed by atoms with Gasteiger partial charge in [0.05, 0.1) is 24.5 Å². The molecule has 1 aromatic heterocycles. The molecule has 2 heterocycles. The van der Waals surface area contributed by atoms with Crippen molar-refractivity contribution in [3.63, 3.8) is 0 Å². The van der Waals surface area contributed by atoms with Crippen molar-refractivity contribution in [3.05, 3.63) is 41.2 Å². The van der Waals surface area contributed by atoms with Crippen LogP contribution in [0.2, 0.25) is 0 Å². The molecule has 1 fully saturated rings. The summed E-state index contributed by atoms with van der Waals surface area (Å²) in [6.45, 7) is 4.50. The molecule has 3 rings (SSSR count). The second kappa shape index (κ2) is 5.60. The van der Waals surface area contributed by atoms with E-state index in [-0.39, 0.29) is 30.0 Å². The summed E-state index contributed by atoms with van der Waals surface area (Å²) in [6.07, 6.45) is -0.983. The highest BCUT2D eigenvalue weighted by Gasteiger charge is 2.48. The number of halogens is 3. The fraction of sp³-hybridized carbons (Fsp3) is 0.588. The number of allylic oxidation sites excluding steroid dienone is 1. The fourth-order valence-corrected chi connectivity index (χ4v) is 3.67. The van der Waals surface area contributed by atoms with Gasteiger partial charge in [0, 0.05) is 17.5 Å². The van der Waals surface area contributed by atoms with E-state index in [1.54, 1.807) is 0 Å². The molecule has 1 N–H and O–H groups in total. The number of pyridine rings is 1. The van der Waals surface area contributed by atoms with E-state index in [2.05, 4.69) is 18.0 Å². The summed E-state index contributed by atoms with van der Waals surface area (Å²) in [7, 11) is 0. The Kier molecular flexibility index (Phi) is 4.01. The van der Waals surface area contributed by atoms with Crippen molar-refractivity contribution in [1.29, 1.82) is 0 Å². The van der Waals surface area contributed by atoms with Crippen molar-refractivity contribution >= 4 is 0 Å². The number of rotatable bonds is 2. The first-order chi connectivity index (χ1) is 10.8. The SMILES string of the molecule is CC1=CC(C)C2(CO)COC(c3ccc(C(F)(F)F)cn3)C1C2. The number of ether oxygens (including phenoxy) is 1. The lowest BCUT2D eigenvalue weighted by Crippen LogP contribution is -2.47. The Morgan fingerprint density at radius 1 is 1.39 bits per heavy atom. The summed E-state index contributed by atoms with van der Waals surface area (Å²) in [6, 6.07) is 2.44. The average Bonchev–Trinajstić information content (AvgIpc) is 2.52. The van der Waals surface area contributed by atoms with Gasteiger partial charge in [0.2, 0.25) is 0 Å². The highest BCUT2D eigenvalue weighted by atomic mass is 19.4. The van der Waals surface area contributed by atoms with E-state index in [0.29, 0.717) is 12.3 Å². The number of aliphatic hydroxyl groups excluding tert-OH is 1. The lowest BCUT2D eigenvalue weighted by molar-refractivity contribution is -0.138. The van der Waals surface area contributed by atoms with Gasteiger partial charge in [-0.2, -0.15) is 13.2 Å². The smallest absolute Gasteiger partial charge is 0.396 e. The van der Waals surface area contributed by atoms with Gasteiger partial charge < -0.3 is 9.84 Å². The minimum atomic E-state index is -4.39. The summed E-state index contributed by atoms with van der Waals surface area (Å²) in [5.74, 6) is 0.251. The third-order valence-corrected chi connectivity index (χ3v) is 5.33. The molecule has 1 aromatic rings. The molecule has 0 spiro atoms. The van der Waals surface area contributed by atoms with Gasteiger partial charge in [-0.1, -0.05) is 18.6 Å². The number of nitrogens with zero attached hydrogens (tertiary/aromatic N) is 1. The molecule has 1 aliphatic carbocycles. The molecule has 6 heteroatoms. The van der Waals surface area contributed by atoms with Crippen LogP contribution in [-0.2, 0) is 10.9 Å². The third-order valence-electron chi connectivity index (χ3n) is 5.33. The Bertz CT molecular complexity index is 611. The summed E-state index contributed by atoms with van der Waals surface area (Å²) in [5.41, 5.74) is 0.600. The quantitative estimate of drug-likeness (QED) is 0.841. The van der Waals surface area contributed by atoms with E-state index in [1.165, 1.54) is 6.07 Å². The summed E-state index contributed by atoms with van der Waals surface area (Å²) in [5, 5.41) is 9.78. The van der Waals surface area contributed by atoms with Crippen molar-refractivity contribution in [2.75, 3.05) is 13.2 Å². The van der Waals surface area contributed by atoms with Crippen LogP contribution in [0, 0.1) is 17.3 Å². The second-order valence-electron chi connectivity index (χ2n) is 6.73. The molecule has 126 valence electrons. The van der Waals surface area contributed by atoms with E-state index in [1.807, 2.05) is 6.92 Å². The highest BCUT2D eigenvalue weighted by molar-refractivity contribution is 5.25. The fourth-order valence-electron chi connectivity index (χ4n) is 3.67. The summed E-state index contributed by atoms with van der Waals surface area (Å²) < 4.78 is 43.9. The monoisotopic (exact) mass is 327 g/mol. The Hall–Kier alpha value is -1.40. The molecular weight excluding hydrogens is 307 g/mol. The van der Waals surface area contributed by atoms with Crippen LogP contribution in [0.5, 0.6) is 0 Å². The van der Waals surface area contributed by atoms with Crippen molar-refractivity contribution in [2.24, 2.45) is 17.3 Å². The molecule has 0 radical (unpaired) electrons. The van der Waals surface area contributed by atoms with Crippen molar-refractivity contribution < 1.29 is 23.0 Å². The maximum absolute atomic E-state index is 12.7. The molecule has 3 nitrogen and oxygen atoms in total. The van der Waals surface area contributed by atoms with E-state index in [4.69, 9.17) is 4.74 Å². The number of alkyl halides is 3. The number of fused-ring (bicyclic) bond motifs is 2. The second-order valence-corrected chi connectivity index (χ2v) is 6.73. The largest absolute Gasteiger partial charge is 0.417 e. The van der Waals surface area contributed by atoms with Gasteiger partial charge in [0.25, 0.3) is 0 Å². The third kappa shape index (κ3) is 2.78. The zero-order valence-electron chi connectivity index (χ0n) is 13.1. The van der Waals surface area contributed by atoms with Gasteiger partial charge in [-0.15, -0.1) is 0 Å². The Balaban J connectivity index is 1.89. The molecule has 1 saturated heterocycles. The van der Waals surface area contributed by atoms with Crippen LogP contribution in [0.1, 0.15) is 37.6 Å². The van der Waals surface area contributed by atoms with Crippen LogP contribution in [0.15, 0.2) is 30.0 Å². The van der Waals surface area contributed by atoms with E-state index in [0.717, 1.165) is 24.3 Å². The van der Waals surface area contributed by atoms with Crippen LogP contribution in [0.3, 0.4) is 0 Å². The molecule has 4 atom stereocenters. The van der Waals surface area contributed by atoms with Crippen LogP contribution < -0.4 is 0 Å². The molecule has 2 aliphatic rings. The minimum absolute atomic E-state index is 0.0383. The average molecular weight is 327 g/mol. The van der Waals surface area contributed by atoms with Crippen molar-refractivity contribution in [3.8, 4) is 0 Å². The Labute approximate surface area is 133 Å². The number of aromatic nitrogens is 1. The molecule has 1 aliphatic heterocycles. The number of hydrogen-bond acceptors (Lipinski definition) is 3. The van der Waals surface area contributed by atoms with E-state index < -0.39 is 11.7 Å². The molecule has 0 amide bonds. The zero-order chi connectivity index (χ0) is 16.8. The molecular formula is C17H20F3NO2.